The van der Waals surface area contributed by atoms with Crippen molar-refractivity contribution in [2.45, 2.75) is 13.5 Å². The number of halogens is 4. The first kappa shape index (κ1) is 21.3. The number of hydrazone groups is 1. The van der Waals surface area contributed by atoms with Gasteiger partial charge in [0.1, 0.15) is 6.61 Å². The van der Waals surface area contributed by atoms with Gasteiger partial charge in [0.25, 0.3) is 0 Å². The van der Waals surface area contributed by atoms with E-state index in [0.29, 0.717) is 30.4 Å². The van der Waals surface area contributed by atoms with E-state index in [0.717, 1.165) is 17.7 Å². The maximum absolute atomic E-state index is 6.33. The fraction of sp³-hybridized carbons (Fsp3) is 0.176. The Morgan fingerprint density at radius 2 is 2.00 bits per heavy atom. The molecule has 2 aromatic carbocycles. The molecule has 0 aliphatic carbocycles. The molecule has 0 spiro atoms. The summed E-state index contributed by atoms with van der Waals surface area (Å²) in [5.41, 5.74) is 4.31. The van der Waals surface area contributed by atoms with E-state index in [-0.39, 0.29) is 6.61 Å². The van der Waals surface area contributed by atoms with Gasteiger partial charge in [-0.25, -0.2) is 0 Å². The van der Waals surface area contributed by atoms with Crippen molar-refractivity contribution in [2.75, 3.05) is 6.54 Å². The van der Waals surface area contributed by atoms with Gasteiger partial charge in [-0.05, 0) is 64.9 Å². The van der Waals surface area contributed by atoms with Gasteiger partial charge < -0.3 is 10.1 Å². The Kier molecular flexibility index (Phi) is 8.44. The highest BCUT2D eigenvalue weighted by atomic mass is 79.9. The van der Waals surface area contributed by atoms with E-state index in [4.69, 9.17) is 51.8 Å². The average molecular weight is 496 g/mol. The summed E-state index contributed by atoms with van der Waals surface area (Å²) < 4.78 is 6.51. The molecule has 0 unspecified atom stereocenters. The third kappa shape index (κ3) is 6.28. The van der Waals surface area contributed by atoms with E-state index in [1.807, 2.05) is 19.1 Å². The minimum absolute atomic E-state index is 0.264. The van der Waals surface area contributed by atoms with E-state index >= 15 is 0 Å². The van der Waals surface area contributed by atoms with Gasteiger partial charge in [-0.3, -0.25) is 5.43 Å². The zero-order valence-electron chi connectivity index (χ0n) is 13.7. The molecule has 138 valence electrons. The number of ether oxygens (including phenoxy) is 1. The Morgan fingerprint density at radius 1 is 1.23 bits per heavy atom. The van der Waals surface area contributed by atoms with Crippen LogP contribution in [0, 0.1) is 0 Å². The lowest BCUT2D eigenvalue weighted by molar-refractivity contribution is 0.304. The third-order valence-electron chi connectivity index (χ3n) is 3.12. The molecular formula is C17H15BrCl3N3OS. The van der Waals surface area contributed by atoms with Crippen LogP contribution in [0.25, 0.3) is 0 Å². The van der Waals surface area contributed by atoms with E-state index in [1.54, 1.807) is 24.4 Å². The van der Waals surface area contributed by atoms with E-state index < -0.39 is 0 Å². The fourth-order valence-corrected chi connectivity index (χ4v) is 3.60. The highest BCUT2D eigenvalue weighted by Crippen LogP contribution is 2.35. The number of hydrogen-bond acceptors (Lipinski definition) is 3. The summed E-state index contributed by atoms with van der Waals surface area (Å²) in [6.07, 6.45) is 1.61. The van der Waals surface area contributed by atoms with Crippen molar-refractivity contribution < 1.29 is 4.74 Å². The second-order valence-electron chi connectivity index (χ2n) is 5.07. The van der Waals surface area contributed by atoms with Crippen LogP contribution >= 0.6 is 63.0 Å². The Bertz CT molecular complexity index is 810. The molecule has 9 heteroatoms. The average Bonchev–Trinajstić information content (AvgIpc) is 2.56. The maximum Gasteiger partial charge on any atom is 0.186 e. The molecule has 0 atom stereocenters. The number of rotatable bonds is 6. The molecule has 0 aliphatic heterocycles. The minimum atomic E-state index is 0.264. The molecule has 2 aromatic rings. The topological polar surface area (TPSA) is 45.7 Å². The van der Waals surface area contributed by atoms with Crippen molar-refractivity contribution in [3.05, 3.63) is 61.0 Å². The second kappa shape index (κ2) is 10.3. The molecule has 0 amide bonds. The lowest BCUT2D eigenvalue weighted by Gasteiger charge is -2.12. The van der Waals surface area contributed by atoms with Crippen LogP contribution in [-0.2, 0) is 6.61 Å². The minimum Gasteiger partial charge on any atom is -0.486 e. The number of nitrogens with zero attached hydrogens (tertiary/aromatic N) is 1. The molecule has 0 aliphatic rings. The SMILES string of the molecule is CCNC(=S)N/N=C\c1cc(Cl)c(OCc2ccc(Cl)cc2Cl)c(Br)c1. The molecule has 4 nitrogen and oxygen atoms in total. The van der Waals surface area contributed by atoms with Gasteiger partial charge in [-0.1, -0.05) is 40.9 Å². The normalized spacial score (nSPS) is 10.8. The van der Waals surface area contributed by atoms with Crippen LogP contribution in [0.4, 0.5) is 0 Å². The molecule has 2 rings (SSSR count). The van der Waals surface area contributed by atoms with Crippen LogP contribution in [0.15, 0.2) is 39.9 Å². The molecular weight excluding hydrogens is 481 g/mol. The summed E-state index contributed by atoms with van der Waals surface area (Å²) in [6.45, 7) is 2.94. The summed E-state index contributed by atoms with van der Waals surface area (Å²) in [5, 5.41) is 9.00. The largest absolute Gasteiger partial charge is 0.486 e. The van der Waals surface area contributed by atoms with Crippen molar-refractivity contribution >= 4 is 74.3 Å². The molecule has 0 saturated carbocycles. The summed E-state index contributed by atoms with van der Waals surface area (Å²) >= 11 is 26.9. The monoisotopic (exact) mass is 493 g/mol. The van der Waals surface area contributed by atoms with Gasteiger partial charge >= 0.3 is 0 Å². The van der Waals surface area contributed by atoms with Crippen LogP contribution in [-0.4, -0.2) is 17.9 Å². The Hall–Kier alpha value is -1.05. The standard InChI is InChI=1S/C17H15BrCl3N3OS/c1-2-22-17(26)24-23-8-10-5-13(18)16(15(21)6-10)25-9-11-3-4-12(19)7-14(11)20/h3-8H,2,9H2,1H3,(H2,22,24,26)/b23-8-. The molecule has 0 heterocycles. The molecule has 0 radical (unpaired) electrons. The van der Waals surface area contributed by atoms with E-state index in [2.05, 4.69) is 31.8 Å². The predicted molar refractivity (Wildman–Crippen MR) is 117 cm³/mol. The van der Waals surface area contributed by atoms with Crippen LogP contribution < -0.4 is 15.5 Å². The van der Waals surface area contributed by atoms with Gasteiger partial charge in [0, 0.05) is 22.2 Å². The molecule has 0 fully saturated rings. The number of nitrogens with one attached hydrogen (secondary N) is 2. The third-order valence-corrected chi connectivity index (χ3v) is 4.82. The summed E-state index contributed by atoms with van der Waals surface area (Å²) in [7, 11) is 0. The first-order valence-corrected chi connectivity index (χ1v) is 9.87. The Morgan fingerprint density at radius 3 is 2.65 bits per heavy atom. The molecule has 0 aromatic heterocycles. The van der Waals surface area contributed by atoms with Crippen LogP contribution in [0.5, 0.6) is 5.75 Å². The highest BCUT2D eigenvalue weighted by Gasteiger charge is 2.10. The van der Waals surface area contributed by atoms with Crippen molar-refractivity contribution in [3.8, 4) is 5.75 Å². The molecule has 0 bridgehead atoms. The quantitative estimate of drug-likeness (QED) is 0.302. The Labute approximate surface area is 181 Å². The van der Waals surface area contributed by atoms with Gasteiger partial charge in [0.15, 0.2) is 10.9 Å². The second-order valence-corrected chi connectivity index (χ2v) is 7.58. The summed E-state index contributed by atoms with van der Waals surface area (Å²) in [4.78, 5) is 0. The lowest BCUT2D eigenvalue weighted by Crippen LogP contribution is -2.31. The van der Waals surface area contributed by atoms with Crippen molar-refractivity contribution in [2.24, 2.45) is 5.10 Å². The van der Waals surface area contributed by atoms with Crippen molar-refractivity contribution in [1.82, 2.24) is 10.7 Å². The molecule has 26 heavy (non-hydrogen) atoms. The summed E-state index contributed by atoms with van der Waals surface area (Å²) in [6, 6.07) is 8.82. The first-order chi connectivity index (χ1) is 12.4. The van der Waals surface area contributed by atoms with Gasteiger partial charge in [-0.2, -0.15) is 5.10 Å². The van der Waals surface area contributed by atoms with E-state index in [9.17, 15) is 0 Å². The Balaban J connectivity index is 2.06. The zero-order valence-corrected chi connectivity index (χ0v) is 18.3. The molecule has 0 saturated heterocycles. The van der Waals surface area contributed by atoms with Crippen LogP contribution in [0.2, 0.25) is 15.1 Å². The first-order valence-electron chi connectivity index (χ1n) is 7.53. The molecule has 2 N–H and O–H groups in total. The van der Waals surface area contributed by atoms with Crippen molar-refractivity contribution in [3.63, 3.8) is 0 Å². The van der Waals surface area contributed by atoms with Gasteiger partial charge in [0.2, 0.25) is 0 Å². The summed E-state index contributed by atoms with van der Waals surface area (Å²) in [5.74, 6) is 0.519. The number of benzene rings is 2. The fourth-order valence-electron chi connectivity index (χ4n) is 1.95. The van der Waals surface area contributed by atoms with Gasteiger partial charge in [-0.15, -0.1) is 0 Å². The predicted octanol–water partition coefficient (Wildman–Crippen LogP) is 5.81. The lowest BCUT2D eigenvalue weighted by atomic mass is 10.2. The highest BCUT2D eigenvalue weighted by molar-refractivity contribution is 9.10. The maximum atomic E-state index is 6.33. The number of hydrogen-bond donors (Lipinski definition) is 2. The number of thiocarbonyl (C=S) groups is 1. The van der Waals surface area contributed by atoms with Crippen LogP contribution in [0.3, 0.4) is 0 Å². The zero-order chi connectivity index (χ0) is 19.1. The van der Waals surface area contributed by atoms with Gasteiger partial charge in [0.05, 0.1) is 15.7 Å². The smallest absolute Gasteiger partial charge is 0.186 e. The van der Waals surface area contributed by atoms with E-state index in [1.165, 1.54) is 0 Å². The van der Waals surface area contributed by atoms with Crippen LogP contribution in [0.1, 0.15) is 18.1 Å². The van der Waals surface area contributed by atoms with Crippen molar-refractivity contribution in [1.29, 1.82) is 0 Å².